The minimum absolute atomic E-state index is 0.110. The van der Waals surface area contributed by atoms with E-state index in [4.69, 9.17) is 4.74 Å². The lowest BCUT2D eigenvalue weighted by Crippen LogP contribution is -2.76. The second-order valence-electron chi connectivity index (χ2n) is 8.70. The van der Waals surface area contributed by atoms with Crippen LogP contribution >= 0.6 is 0 Å². The zero-order valence-electron chi connectivity index (χ0n) is 19.4. The maximum atomic E-state index is 13.2. The number of methoxy groups -OCH3 is 1. The number of urea groups is 1. The lowest BCUT2D eigenvalue weighted by molar-refractivity contribution is -0.188. The molecule has 0 saturated carbocycles. The van der Waals surface area contributed by atoms with Crippen molar-refractivity contribution in [3.05, 3.63) is 29.8 Å². The van der Waals surface area contributed by atoms with Gasteiger partial charge >= 0.3 is 12.0 Å². The van der Waals surface area contributed by atoms with E-state index < -0.39 is 36.5 Å². The zero-order chi connectivity index (χ0) is 24.3. The van der Waals surface area contributed by atoms with Gasteiger partial charge in [-0.2, -0.15) is 0 Å². The van der Waals surface area contributed by atoms with E-state index in [-0.39, 0.29) is 31.5 Å². The van der Waals surface area contributed by atoms with E-state index in [1.54, 1.807) is 31.2 Å². The number of carboxylic acid groups (broad SMARTS) is 1. The highest BCUT2D eigenvalue weighted by molar-refractivity contribution is 5.93. The number of carbonyl (C=O) groups is 4. The lowest BCUT2D eigenvalue weighted by atomic mass is 10.0. The molecular formula is C22H31N5O6. The zero-order valence-corrected chi connectivity index (χ0v) is 19.4. The Morgan fingerprint density at radius 2 is 1.88 bits per heavy atom. The molecule has 4 amide bonds. The van der Waals surface area contributed by atoms with Gasteiger partial charge in [-0.05, 0) is 23.6 Å². The maximum absolute atomic E-state index is 13.2. The average molecular weight is 462 g/mol. The highest BCUT2D eigenvalue weighted by atomic mass is 16.5. The summed E-state index contributed by atoms with van der Waals surface area (Å²) in [7, 11) is 3.20. The van der Waals surface area contributed by atoms with Gasteiger partial charge in [-0.1, -0.05) is 26.0 Å². The number of carboxylic acids is 1. The SMILES string of the molecule is COc1ccc(CNC(=O)N2[C@H]3CN(CC(C)C)C(=O)[C@H](CC(=O)O)N3C(=O)CN2C)cc1. The Balaban J connectivity index is 1.84. The number of piperazine rings is 1. The summed E-state index contributed by atoms with van der Waals surface area (Å²) in [6.07, 6.45) is -1.31. The van der Waals surface area contributed by atoms with Gasteiger partial charge in [0.25, 0.3) is 0 Å². The van der Waals surface area contributed by atoms with Gasteiger partial charge in [0.05, 0.1) is 26.6 Å². The van der Waals surface area contributed by atoms with E-state index in [0.717, 1.165) is 5.56 Å². The van der Waals surface area contributed by atoms with E-state index in [1.165, 1.54) is 14.9 Å². The van der Waals surface area contributed by atoms with Crippen LogP contribution in [0.2, 0.25) is 0 Å². The third-order valence-electron chi connectivity index (χ3n) is 5.70. The van der Waals surface area contributed by atoms with Crippen molar-refractivity contribution >= 4 is 23.8 Å². The summed E-state index contributed by atoms with van der Waals surface area (Å²) >= 11 is 0. The van der Waals surface area contributed by atoms with Crippen LogP contribution in [0.5, 0.6) is 5.75 Å². The summed E-state index contributed by atoms with van der Waals surface area (Å²) in [5.41, 5.74) is 0.862. The molecule has 0 spiro atoms. The highest BCUT2D eigenvalue weighted by Crippen LogP contribution is 2.27. The number of hydrogen-bond acceptors (Lipinski definition) is 6. The van der Waals surface area contributed by atoms with Crippen LogP contribution in [-0.2, 0) is 20.9 Å². The molecule has 0 unspecified atom stereocenters. The van der Waals surface area contributed by atoms with Crippen LogP contribution in [0, 0.1) is 5.92 Å². The molecule has 180 valence electrons. The van der Waals surface area contributed by atoms with Crippen molar-refractivity contribution in [2.75, 3.05) is 33.8 Å². The second kappa shape index (κ2) is 10.1. The predicted molar refractivity (Wildman–Crippen MR) is 118 cm³/mol. The smallest absolute Gasteiger partial charge is 0.334 e. The molecule has 2 atom stereocenters. The fraction of sp³-hybridized carbons (Fsp3) is 0.545. The number of likely N-dealkylation sites (N-methyl/N-ethyl adjacent to an activating group) is 1. The first-order valence-corrected chi connectivity index (χ1v) is 10.8. The monoisotopic (exact) mass is 461 g/mol. The van der Waals surface area contributed by atoms with Crippen LogP contribution < -0.4 is 10.1 Å². The van der Waals surface area contributed by atoms with Gasteiger partial charge in [0.1, 0.15) is 18.0 Å². The van der Waals surface area contributed by atoms with Crippen molar-refractivity contribution in [3.63, 3.8) is 0 Å². The Morgan fingerprint density at radius 3 is 2.45 bits per heavy atom. The Kier molecular flexibility index (Phi) is 7.42. The van der Waals surface area contributed by atoms with E-state index >= 15 is 0 Å². The molecule has 2 aliphatic rings. The summed E-state index contributed by atoms with van der Waals surface area (Å²) in [6.45, 7) is 4.52. The molecule has 0 radical (unpaired) electrons. The molecule has 0 aliphatic carbocycles. The molecule has 0 bridgehead atoms. The van der Waals surface area contributed by atoms with Crippen molar-refractivity contribution in [2.45, 2.75) is 39.0 Å². The topological polar surface area (TPSA) is 123 Å². The van der Waals surface area contributed by atoms with Crippen molar-refractivity contribution < 1.29 is 29.0 Å². The quantitative estimate of drug-likeness (QED) is 0.608. The van der Waals surface area contributed by atoms with Crippen molar-refractivity contribution in [1.82, 2.24) is 25.1 Å². The van der Waals surface area contributed by atoms with Crippen LogP contribution in [0.3, 0.4) is 0 Å². The third-order valence-corrected chi connectivity index (χ3v) is 5.70. The first kappa shape index (κ1) is 24.3. The number of aliphatic carboxylic acids is 1. The fourth-order valence-corrected chi connectivity index (χ4v) is 4.28. The Morgan fingerprint density at radius 1 is 1.21 bits per heavy atom. The molecule has 33 heavy (non-hydrogen) atoms. The van der Waals surface area contributed by atoms with Gasteiger partial charge in [0.2, 0.25) is 11.8 Å². The minimum atomic E-state index is -1.18. The number of amides is 4. The van der Waals surface area contributed by atoms with Crippen LogP contribution in [0.25, 0.3) is 0 Å². The molecule has 3 rings (SSSR count). The third kappa shape index (κ3) is 5.36. The predicted octanol–water partition coefficient (Wildman–Crippen LogP) is 0.563. The molecule has 2 fully saturated rings. The molecule has 11 nitrogen and oxygen atoms in total. The molecule has 2 aliphatic heterocycles. The van der Waals surface area contributed by atoms with Crippen molar-refractivity contribution in [3.8, 4) is 5.75 Å². The number of rotatable bonds is 7. The van der Waals surface area contributed by atoms with Gasteiger partial charge in [0, 0.05) is 20.1 Å². The Hall–Kier alpha value is -3.34. The fourth-order valence-electron chi connectivity index (χ4n) is 4.28. The van der Waals surface area contributed by atoms with Gasteiger partial charge in [0.15, 0.2) is 0 Å². The van der Waals surface area contributed by atoms with E-state index in [9.17, 15) is 24.3 Å². The van der Waals surface area contributed by atoms with Crippen LogP contribution in [0.1, 0.15) is 25.8 Å². The molecule has 0 aromatic heterocycles. The molecule has 11 heteroatoms. The Labute approximate surface area is 192 Å². The normalized spacial score (nSPS) is 21.3. The Bertz CT molecular complexity index is 905. The molecule has 2 saturated heterocycles. The number of hydrogen-bond donors (Lipinski definition) is 2. The first-order chi connectivity index (χ1) is 15.6. The average Bonchev–Trinajstić information content (AvgIpc) is 2.74. The van der Waals surface area contributed by atoms with E-state index in [0.29, 0.717) is 12.3 Å². The number of hydrazine groups is 1. The number of fused-ring (bicyclic) bond motifs is 1. The minimum Gasteiger partial charge on any atom is -0.497 e. The standard InChI is InChI=1S/C22H31N5O6/c1-14(2)11-25-12-18-26(17(21(25)31)9-20(29)30)19(28)13-24(3)27(18)22(32)23-10-15-5-7-16(33-4)8-6-15/h5-8,14,17-18H,9-13H2,1-4H3,(H,23,32)(H,29,30)/t17-,18-/m0/s1. The summed E-state index contributed by atoms with van der Waals surface area (Å²) < 4.78 is 5.14. The van der Waals surface area contributed by atoms with E-state index in [1.807, 2.05) is 26.0 Å². The van der Waals surface area contributed by atoms with Crippen LogP contribution in [0.4, 0.5) is 4.79 Å². The van der Waals surface area contributed by atoms with Gasteiger partial charge in [-0.3, -0.25) is 14.4 Å². The number of nitrogens with zero attached hydrogens (tertiary/aromatic N) is 4. The van der Waals surface area contributed by atoms with E-state index in [2.05, 4.69) is 5.32 Å². The number of benzene rings is 1. The molecule has 1 aromatic rings. The van der Waals surface area contributed by atoms with Crippen LogP contribution in [-0.4, -0.2) is 94.7 Å². The second-order valence-corrected chi connectivity index (χ2v) is 8.70. The first-order valence-electron chi connectivity index (χ1n) is 10.8. The lowest BCUT2D eigenvalue weighted by Gasteiger charge is -2.54. The summed E-state index contributed by atoms with van der Waals surface area (Å²) in [6, 6.07) is 5.66. The highest BCUT2D eigenvalue weighted by Gasteiger charge is 2.51. The van der Waals surface area contributed by atoms with Gasteiger partial charge in [-0.25, -0.2) is 14.8 Å². The van der Waals surface area contributed by atoms with Crippen LogP contribution in [0.15, 0.2) is 24.3 Å². The number of carbonyl (C=O) groups excluding carboxylic acids is 3. The van der Waals surface area contributed by atoms with Crippen molar-refractivity contribution in [1.29, 1.82) is 0 Å². The number of ether oxygens (including phenoxy) is 1. The van der Waals surface area contributed by atoms with Gasteiger partial charge < -0.3 is 25.0 Å². The molecule has 2 N–H and O–H groups in total. The summed E-state index contributed by atoms with van der Waals surface area (Å²) in [5.74, 6) is -1.12. The summed E-state index contributed by atoms with van der Waals surface area (Å²) in [4.78, 5) is 53.4. The van der Waals surface area contributed by atoms with Gasteiger partial charge in [-0.15, -0.1) is 0 Å². The largest absolute Gasteiger partial charge is 0.497 e. The summed E-state index contributed by atoms with van der Waals surface area (Å²) in [5, 5.41) is 15.1. The molecule has 2 heterocycles. The molecular weight excluding hydrogens is 430 g/mol. The van der Waals surface area contributed by atoms with Crippen molar-refractivity contribution in [2.24, 2.45) is 5.92 Å². The number of nitrogens with one attached hydrogen (secondary N) is 1. The maximum Gasteiger partial charge on any atom is 0.334 e. The molecule has 1 aromatic carbocycles.